The predicted molar refractivity (Wildman–Crippen MR) is 154 cm³/mol. The summed E-state index contributed by atoms with van der Waals surface area (Å²) in [6, 6.07) is -1.19. The summed E-state index contributed by atoms with van der Waals surface area (Å²) < 4.78 is 38.5. The number of methoxy groups -OCH3 is 2. The molecule has 0 aromatic heterocycles. The highest BCUT2D eigenvalue weighted by atomic mass is 32.1. The summed E-state index contributed by atoms with van der Waals surface area (Å²) in [6.07, 6.45) is -3.74. The van der Waals surface area contributed by atoms with Crippen molar-refractivity contribution in [2.45, 2.75) is 95.9 Å². The molecule has 16 heteroatoms. The van der Waals surface area contributed by atoms with Gasteiger partial charge in [0, 0.05) is 61.0 Å². The average molecular weight is 636 g/mol. The molecule has 1 heterocycles. The van der Waals surface area contributed by atoms with Gasteiger partial charge in [-0.3, -0.25) is 19.2 Å². The van der Waals surface area contributed by atoms with Crippen LogP contribution < -0.4 is 16.0 Å². The van der Waals surface area contributed by atoms with Gasteiger partial charge < -0.3 is 54.2 Å². The number of nitrogens with one attached hydrogen (secondary N) is 3. The third kappa shape index (κ3) is 11.8. The van der Waals surface area contributed by atoms with E-state index >= 15 is 0 Å². The summed E-state index contributed by atoms with van der Waals surface area (Å²) in [5.74, 6) is -2.47. The first-order valence-corrected chi connectivity index (χ1v) is 14.5. The van der Waals surface area contributed by atoms with E-state index in [1.165, 1.54) is 27.7 Å². The maximum Gasteiger partial charge on any atom is 0.303 e. The second kappa shape index (κ2) is 18.2. The smallest absolute Gasteiger partial charge is 0.303 e. The van der Waals surface area contributed by atoms with Gasteiger partial charge in [0.2, 0.25) is 5.91 Å². The Hall–Kier alpha value is -2.63. The van der Waals surface area contributed by atoms with E-state index in [4.69, 9.17) is 45.4 Å². The summed E-state index contributed by atoms with van der Waals surface area (Å²) in [6.45, 7) is 5.65. The van der Waals surface area contributed by atoms with Crippen LogP contribution in [0.25, 0.3) is 0 Å². The summed E-state index contributed by atoms with van der Waals surface area (Å²) in [5, 5.41) is 19.9. The van der Waals surface area contributed by atoms with Crippen LogP contribution in [0.15, 0.2) is 0 Å². The number of amides is 1. The quantitative estimate of drug-likeness (QED) is 0.0766. The molecular formula is C27H45N3O12S. The molecule has 2 fully saturated rings. The standard InChI is InChI=1S/C27H45N3O12S/c1-14(31)29-21-25(41-17(4)34)24(40-16(3)33)20(13-39-15(2)32)42-26(21)38-10-8-7-9-28-27(43)30-19-11-18(12-36-5)22(35)23(19)37-6/h18-26,35H,7-13H2,1-6H3,(H,29,31)(H2,28,30,43)/t18-,19-,20-,21-,22?,23-,24+,25-,26-/m1/s1. The number of aliphatic hydroxyl groups is 1. The van der Waals surface area contributed by atoms with E-state index in [1.807, 2.05) is 0 Å². The van der Waals surface area contributed by atoms with E-state index in [1.54, 1.807) is 14.2 Å². The predicted octanol–water partition coefficient (Wildman–Crippen LogP) is -0.686. The molecule has 1 saturated carbocycles. The summed E-state index contributed by atoms with van der Waals surface area (Å²) in [5.41, 5.74) is 0. The second-order valence-corrected chi connectivity index (χ2v) is 10.9. The van der Waals surface area contributed by atoms with Gasteiger partial charge in [-0.25, -0.2) is 0 Å². The molecule has 0 spiro atoms. The Morgan fingerprint density at radius 2 is 1.58 bits per heavy atom. The molecule has 2 aliphatic rings. The fourth-order valence-electron chi connectivity index (χ4n) is 5.21. The average Bonchev–Trinajstić information content (AvgIpc) is 3.20. The Balaban J connectivity index is 1.95. The van der Waals surface area contributed by atoms with Gasteiger partial charge in [-0.1, -0.05) is 0 Å². The Morgan fingerprint density at radius 1 is 0.907 bits per heavy atom. The van der Waals surface area contributed by atoms with Crippen LogP contribution in [0.3, 0.4) is 0 Å². The molecule has 1 saturated heterocycles. The van der Waals surface area contributed by atoms with Crippen LogP contribution in [0.2, 0.25) is 0 Å². The maximum atomic E-state index is 12.0. The van der Waals surface area contributed by atoms with Crippen LogP contribution in [-0.4, -0.2) is 124 Å². The fraction of sp³-hybridized carbons (Fsp3) is 0.815. The highest BCUT2D eigenvalue weighted by molar-refractivity contribution is 7.80. The number of carbonyl (C=O) groups excluding carboxylic acids is 4. The molecule has 1 unspecified atom stereocenters. The highest BCUT2D eigenvalue weighted by Gasteiger charge is 2.51. The number of thiocarbonyl (C=S) groups is 1. The molecule has 1 aliphatic carbocycles. The van der Waals surface area contributed by atoms with E-state index in [2.05, 4.69) is 16.0 Å². The maximum absolute atomic E-state index is 12.0. The van der Waals surface area contributed by atoms with Crippen LogP contribution in [0, 0.1) is 5.92 Å². The van der Waals surface area contributed by atoms with Crippen molar-refractivity contribution in [1.82, 2.24) is 16.0 Å². The zero-order chi connectivity index (χ0) is 32.1. The molecule has 246 valence electrons. The van der Waals surface area contributed by atoms with Crippen molar-refractivity contribution in [3.63, 3.8) is 0 Å². The fourth-order valence-corrected chi connectivity index (χ4v) is 5.47. The lowest BCUT2D eigenvalue weighted by Gasteiger charge is -2.44. The van der Waals surface area contributed by atoms with Crippen LogP contribution in [0.5, 0.6) is 0 Å². The zero-order valence-electron chi connectivity index (χ0n) is 25.5. The third-order valence-electron chi connectivity index (χ3n) is 6.95. The number of rotatable bonds is 15. The van der Waals surface area contributed by atoms with Crippen molar-refractivity contribution in [3.05, 3.63) is 0 Å². The molecule has 43 heavy (non-hydrogen) atoms. The van der Waals surface area contributed by atoms with Gasteiger partial charge >= 0.3 is 17.9 Å². The van der Waals surface area contributed by atoms with Crippen molar-refractivity contribution < 1.29 is 57.4 Å². The third-order valence-corrected chi connectivity index (χ3v) is 7.21. The largest absolute Gasteiger partial charge is 0.463 e. The molecular weight excluding hydrogens is 590 g/mol. The highest BCUT2D eigenvalue weighted by Crippen LogP contribution is 2.29. The Morgan fingerprint density at radius 3 is 2.16 bits per heavy atom. The van der Waals surface area contributed by atoms with Crippen molar-refractivity contribution in [2.75, 3.05) is 40.6 Å². The van der Waals surface area contributed by atoms with Crippen molar-refractivity contribution in [1.29, 1.82) is 0 Å². The molecule has 15 nitrogen and oxygen atoms in total. The molecule has 1 amide bonds. The minimum Gasteiger partial charge on any atom is -0.463 e. The van der Waals surface area contributed by atoms with Crippen molar-refractivity contribution in [3.8, 4) is 0 Å². The lowest BCUT2D eigenvalue weighted by atomic mass is 9.96. The lowest BCUT2D eigenvalue weighted by Crippen LogP contribution is -2.66. The number of hydrogen-bond donors (Lipinski definition) is 4. The summed E-state index contributed by atoms with van der Waals surface area (Å²) >= 11 is 5.42. The van der Waals surface area contributed by atoms with Gasteiger partial charge in [-0.05, 0) is 31.5 Å². The van der Waals surface area contributed by atoms with Crippen molar-refractivity contribution >= 4 is 41.1 Å². The molecule has 1 aliphatic heterocycles. The Kier molecular flexibility index (Phi) is 15.5. The molecule has 0 bridgehead atoms. The van der Waals surface area contributed by atoms with E-state index in [9.17, 15) is 24.3 Å². The number of hydrogen-bond acceptors (Lipinski definition) is 13. The number of unbranched alkanes of at least 4 members (excludes halogenated alkanes) is 1. The Bertz CT molecular complexity index is 956. The number of esters is 3. The SMILES string of the molecule is COC[C@H]1C[C@@H](NC(=S)NCCCCO[C@@H]2O[C@H](COC(C)=O)[C@H](OC(C)=O)[C@H](OC(C)=O)[C@H]2NC(C)=O)[C@@H](OC)C1O. The normalized spacial score (nSPS) is 30.2. The number of aliphatic hydroxyl groups excluding tert-OH is 1. The number of ether oxygens (including phenoxy) is 7. The van der Waals surface area contributed by atoms with Crippen LogP contribution in [0.4, 0.5) is 0 Å². The van der Waals surface area contributed by atoms with Crippen LogP contribution >= 0.6 is 12.2 Å². The van der Waals surface area contributed by atoms with E-state index in [0.29, 0.717) is 37.5 Å². The monoisotopic (exact) mass is 635 g/mol. The van der Waals surface area contributed by atoms with E-state index < -0.39 is 66.7 Å². The first-order valence-electron chi connectivity index (χ1n) is 14.1. The van der Waals surface area contributed by atoms with Gasteiger partial charge in [0.05, 0.1) is 18.8 Å². The molecule has 0 aromatic rings. The second-order valence-electron chi connectivity index (χ2n) is 10.4. The van der Waals surface area contributed by atoms with Gasteiger partial charge in [-0.15, -0.1) is 0 Å². The van der Waals surface area contributed by atoms with E-state index in [-0.39, 0.29) is 25.2 Å². The molecule has 0 radical (unpaired) electrons. The summed E-state index contributed by atoms with van der Waals surface area (Å²) in [4.78, 5) is 47.3. The molecule has 0 aromatic carbocycles. The Labute approximate surface area is 256 Å². The topological polar surface area (TPSA) is 189 Å². The molecule has 2 rings (SSSR count). The van der Waals surface area contributed by atoms with Crippen molar-refractivity contribution in [2.24, 2.45) is 5.92 Å². The van der Waals surface area contributed by atoms with E-state index in [0.717, 1.165) is 0 Å². The van der Waals surface area contributed by atoms with Gasteiger partial charge in [0.1, 0.15) is 24.9 Å². The van der Waals surface area contributed by atoms with Crippen LogP contribution in [-0.2, 0) is 52.3 Å². The number of carbonyl (C=O) groups is 4. The lowest BCUT2D eigenvalue weighted by molar-refractivity contribution is -0.277. The molecule has 4 N–H and O–H groups in total. The van der Waals surface area contributed by atoms with Crippen LogP contribution in [0.1, 0.15) is 47.0 Å². The molecule has 9 atom stereocenters. The minimum atomic E-state index is -1.18. The zero-order valence-corrected chi connectivity index (χ0v) is 26.3. The van der Waals surface area contributed by atoms with Gasteiger partial charge in [0.25, 0.3) is 0 Å². The van der Waals surface area contributed by atoms with Gasteiger partial charge in [0.15, 0.2) is 23.6 Å². The van der Waals surface area contributed by atoms with Gasteiger partial charge in [-0.2, -0.15) is 0 Å². The minimum absolute atomic E-state index is 0.0610. The summed E-state index contributed by atoms with van der Waals surface area (Å²) in [7, 11) is 3.13. The first kappa shape index (κ1) is 36.6. The first-order chi connectivity index (χ1) is 20.4.